The Morgan fingerprint density at radius 2 is 2.23 bits per heavy atom. The van der Waals surface area contributed by atoms with E-state index in [4.69, 9.17) is 11.6 Å². The lowest BCUT2D eigenvalue weighted by atomic mass is 9.95. The molecule has 0 aliphatic heterocycles. The SMILES string of the molecule is C[C@@H](Sc1nc2ncc(Cl)cc2[nH]1)C(=O)NC1CCCCC1. The number of imidazole rings is 1. The number of aromatic nitrogens is 3. The molecule has 1 atom stereocenters. The van der Waals surface area contributed by atoms with E-state index in [-0.39, 0.29) is 11.2 Å². The molecule has 0 saturated heterocycles. The Hall–Kier alpha value is -1.27. The normalized spacial score (nSPS) is 17.5. The summed E-state index contributed by atoms with van der Waals surface area (Å²) in [5.74, 6) is 0.0725. The Labute approximate surface area is 138 Å². The molecule has 7 heteroatoms. The number of halogens is 1. The van der Waals surface area contributed by atoms with E-state index in [9.17, 15) is 4.79 Å². The molecule has 0 bridgehead atoms. The molecule has 1 amide bonds. The Morgan fingerprint density at radius 3 is 3.00 bits per heavy atom. The summed E-state index contributed by atoms with van der Waals surface area (Å²) in [6.45, 7) is 1.90. The van der Waals surface area contributed by atoms with Gasteiger partial charge < -0.3 is 10.3 Å². The van der Waals surface area contributed by atoms with E-state index >= 15 is 0 Å². The summed E-state index contributed by atoms with van der Waals surface area (Å²) in [6, 6.07) is 2.12. The van der Waals surface area contributed by atoms with Gasteiger partial charge in [0.15, 0.2) is 10.8 Å². The molecule has 1 saturated carbocycles. The minimum atomic E-state index is -0.196. The highest BCUT2D eigenvalue weighted by Crippen LogP contribution is 2.25. The fourth-order valence-electron chi connectivity index (χ4n) is 2.69. The molecule has 1 aliphatic carbocycles. The first-order chi connectivity index (χ1) is 10.6. The zero-order chi connectivity index (χ0) is 15.5. The number of rotatable bonds is 4. The minimum Gasteiger partial charge on any atom is -0.352 e. The lowest BCUT2D eigenvalue weighted by molar-refractivity contribution is -0.121. The molecule has 118 valence electrons. The van der Waals surface area contributed by atoms with E-state index in [0.29, 0.717) is 21.9 Å². The number of amides is 1. The van der Waals surface area contributed by atoms with Crippen LogP contribution in [0.4, 0.5) is 0 Å². The van der Waals surface area contributed by atoms with Crippen molar-refractivity contribution in [1.29, 1.82) is 0 Å². The lowest BCUT2D eigenvalue weighted by Crippen LogP contribution is -2.40. The van der Waals surface area contributed by atoms with Gasteiger partial charge in [-0.2, -0.15) is 0 Å². The highest BCUT2D eigenvalue weighted by Gasteiger charge is 2.21. The van der Waals surface area contributed by atoms with Gasteiger partial charge in [-0.15, -0.1) is 0 Å². The van der Waals surface area contributed by atoms with Crippen molar-refractivity contribution in [2.24, 2.45) is 0 Å². The quantitative estimate of drug-likeness (QED) is 0.836. The third-order valence-corrected chi connectivity index (χ3v) is 5.08. The van der Waals surface area contributed by atoms with Gasteiger partial charge in [0.25, 0.3) is 0 Å². The summed E-state index contributed by atoms with van der Waals surface area (Å²) in [4.78, 5) is 24.0. The Kier molecular flexibility index (Phi) is 4.88. The highest BCUT2D eigenvalue weighted by atomic mass is 35.5. The average Bonchev–Trinajstić information content (AvgIpc) is 2.89. The molecular weight excluding hydrogens is 320 g/mol. The molecule has 2 N–H and O–H groups in total. The van der Waals surface area contributed by atoms with Gasteiger partial charge in [0.2, 0.25) is 5.91 Å². The maximum atomic E-state index is 12.3. The van der Waals surface area contributed by atoms with Crippen LogP contribution in [0.3, 0.4) is 0 Å². The van der Waals surface area contributed by atoms with Crippen molar-refractivity contribution < 1.29 is 4.79 Å². The topological polar surface area (TPSA) is 70.7 Å². The molecule has 2 aromatic rings. The summed E-state index contributed by atoms with van der Waals surface area (Å²) in [5, 5.41) is 4.20. The molecule has 0 radical (unpaired) electrons. The summed E-state index contributed by atoms with van der Waals surface area (Å²) < 4.78 is 0. The Balaban J connectivity index is 1.61. The van der Waals surface area contributed by atoms with E-state index < -0.39 is 0 Å². The van der Waals surface area contributed by atoms with E-state index in [1.165, 1.54) is 31.0 Å². The van der Waals surface area contributed by atoms with Crippen molar-refractivity contribution in [1.82, 2.24) is 20.3 Å². The van der Waals surface area contributed by atoms with Crippen LogP contribution in [0.1, 0.15) is 39.0 Å². The third-order valence-electron chi connectivity index (χ3n) is 3.89. The molecule has 0 unspecified atom stereocenters. The standard InChI is InChI=1S/C15H19ClN4OS/c1-9(14(21)18-11-5-3-2-4-6-11)22-15-19-12-7-10(16)8-17-13(12)20-15/h7-9,11H,2-6H2,1H3,(H,18,21)(H,17,19,20)/t9-/m1/s1. The molecule has 1 fully saturated rings. The van der Waals surface area contributed by atoms with Crippen molar-refractivity contribution in [2.45, 2.75) is 55.5 Å². The van der Waals surface area contributed by atoms with Crippen LogP contribution >= 0.6 is 23.4 Å². The number of nitrogens with zero attached hydrogens (tertiary/aromatic N) is 2. The van der Waals surface area contributed by atoms with Gasteiger partial charge in [0.1, 0.15) is 0 Å². The summed E-state index contributed by atoms with van der Waals surface area (Å²) in [5.41, 5.74) is 1.40. The van der Waals surface area contributed by atoms with Crippen LogP contribution in [0.15, 0.2) is 17.4 Å². The second-order valence-corrected chi connectivity index (χ2v) is 7.44. The molecule has 0 spiro atoms. The first-order valence-corrected chi connectivity index (χ1v) is 8.86. The van der Waals surface area contributed by atoms with Crippen molar-refractivity contribution >= 4 is 40.4 Å². The van der Waals surface area contributed by atoms with Gasteiger partial charge in [0, 0.05) is 12.2 Å². The zero-order valence-corrected chi connectivity index (χ0v) is 14.0. The molecule has 3 rings (SSSR count). The van der Waals surface area contributed by atoms with Crippen LogP contribution in [0.2, 0.25) is 5.02 Å². The maximum Gasteiger partial charge on any atom is 0.233 e. The van der Waals surface area contributed by atoms with Crippen LogP contribution in [0.25, 0.3) is 11.2 Å². The largest absolute Gasteiger partial charge is 0.352 e. The monoisotopic (exact) mass is 338 g/mol. The van der Waals surface area contributed by atoms with Gasteiger partial charge in [-0.25, -0.2) is 9.97 Å². The predicted molar refractivity (Wildman–Crippen MR) is 89.2 cm³/mol. The van der Waals surface area contributed by atoms with Crippen LogP contribution in [-0.4, -0.2) is 32.2 Å². The number of thioether (sulfide) groups is 1. The van der Waals surface area contributed by atoms with E-state index in [2.05, 4.69) is 20.3 Å². The Bertz CT molecular complexity index is 669. The third kappa shape index (κ3) is 3.73. The van der Waals surface area contributed by atoms with E-state index in [1.54, 1.807) is 12.3 Å². The van der Waals surface area contributed by atoms with Crippen LogP contribution in [0.5, 0.6) is 0 Å². The van der Waals surface area contributed by atoms with Crippen LogP contribution in [0, 0.1) is 0 Å². The second-order valence-electron chi connectivity index (χ2n) is 5.67. The summed E-state index contributed by atoms with van der Waals surface area (Å²) in [6.07, 6.45) is 7.46. The van der Waals surface area contributed by atoms with Crippen molar-refractivity contribution in [3.63, 3.8) is 0 Å². The molecule has 2 heterocycles. The average molecular weight is 339 g/mol. The first-order valence-electron chi connectivity index (χ1n) is 7.60. The lowest BCUT2D eigenvalue weighted by Gasteiger charge is -2.24. The number of fused-ring (bicyclic) bond motifs is 1. The van der Waals surface area contributed by atoms with E-state index in [0.717, 1.165) is 18.4 Å². The molecule has 1 aliphatic rings. The fourth-order valence-corrected chi connectivity index (χ4v) is 3.67. The van der Waals surface area contributed by atoms with Gasteiger partial charge in [-0.1, -0.05) is 42.6 Å². The summed E-state index contributed by atoms with van der Waals surface area (Å²) >= 11 is 7.32. The molecule has 22 heavy (non-hydrogen) atoms. The zero-order valence-electron chi connectivity index (χ0n) is 12.4. The van der Waals surface area contributed by atoms with Crippen molar-refractivity contribution in [3.05, 3.63) is 17.3 Å². The van der Waals surface area contributed by atoms with Gasteiger partial charge in [-0.3, -0.25) is 4.79 Å². The van der Waals surface area contributed by atoms with Gasteiger partial charge in [0.05, 0.1) is 15.8 Å². The van der Waals surface area contributed by atoms with Crippen LogP contribution in [-0.2, 0) is 4.79 Å². The molecule has 5 nitrogen and oxygen atoms in total. The van der Waals surface area contributed by atoms with Crippen molar-refractivity contribution in [2.75, 3.05) is 0 Å². The number of carbonyl (C=O) groups excluding carboxylic acids is 1. The van der Waals surface area contributed by atoms with Gasteiger partial charge >= 0.3 is 0 Å². The number of nitrogens with one attached hydrogen (secondary N) is 2. The number of hydrogen-bond donors (Lipinski definition) is 2. The molecule has 2 aromatic heterocycles. The Morgan fingerprint density at radius 1 is 1.45 bits per heavy atom. The predicted octanol–water partition coefficient (Wildman–Crippen LogP) is 3.54. The number of carbonyl (C=O) groups is 1. The second kappa shape index (κ2) is 6.87. The molecular formula is C15H19ClN4OS. The number of H-pyrrole nitrogens is 1. The number of pyridine rings is 1. The van der Waals surface area contributed by atoms with E-state index in [1.807, 2.05) is 6.92 Å². The van der Waals surface area contributed by atoms with Crippen molar-refractivity contribution in [3.8, 4) is 0 Å². The number of hydrogen-bond acceptors (Lipinski definition) is 4. The highest BCUT2D eigenvalue weighted by molar-refractivity contribution is 8.00. The summed E-state index contributed by atoms with van der Waals surface area (Å²) in [7, 11) is 0. The minimum absolute atomic E-state index is 0.0725. The maximum absolute atomic E-state index is 12.3. The molecule has 0 aromatic carbocycles. The number of aromatic amines is 1. The van der Waals surface area contributed by atoms with Gasteiger partial charge in [-0.05, 0) is 25.8 Å². The smallest absolute Gasteiger partial charge is 0.233 e. The van der Waals surface area contributed by atoms with Crippen LogP contribution < -0.4 is 5.32 Å². The fraction of sp³-hybridized carbons (Fsp3) is 0.533. The first kappa shape index (κ1) is 15.6.